The minimum Gasteiger partial charge on any atom is -0.466 e. The van der Waals surface area contributed by atoms with Crippen LogP contribution in [0.2, 0.25) is 0 Å². The molecule has 1 saturated heterocycles. The zero-order valence-corrected chi connectivity index (χ0v) is 13.5. The fraction of sp³-hybridized carbons (Fsp3) is 0.632. The van der Waals surface area contributed by atoms with Gasteiger partial charge in [-0.1, -0.05) is 43.2 Å². The third kappa shape index (κ3) is 3.52. The van der Waals surface area contributed by atoms with E-state index in [2.05, 4.69) is 35.2 Å². The SMILES string of the molecule is CCOC(=O)C[C@H]1[C@@H]2CCCC[C@@H]2CN1Cc1ccccc1. The first-order chi connectivity index (χ1) is 10.8. The zero-order valence-electron chi connectivity index (χ0n) is 13.5. The maximum absolute atomic E-state index is 12.0. The van der Waals surface area contributed by atoms with Crippen molar-refractivity contribution in [2.75, 3.05) is 13.2 Å². The molecule has 0 aromatic heterocycles. The molecule has 1 saturated carbocycles. The Morgan fingerprint density at radius 3 is 2.77 bits per heavy atom. The van der Waals surface area contributed by atoms with Gasteiger partial charge in [0.25, 0.3) is 0 Å². The van der Waals surface area contributed by atoms with E-state index >= 15 is 0 Å². The maximum Gasteiger partial charge on any atom is 0.307 e. The van der Waals surface area contributed by atoms with Crippen molar-refractivity contribution in [3.8, 4) is 0 Å². The highest BCUT2D eigenvalue weighted by atomic mass is 16.5. The molecule has 3 heteroatoms. The second kappa shape index (κ2) is 7.28. The van der Waals surface area contributed by atoms with Gasteiger partial charge < -0.3 is 4.74 Å². The Bertz CT molecular complexity index is 487. The summed E-state index contributed by atoms with van der Waals surface area (Å²) in [6.45, 7) is 4.47. The van der Waals surface area contributed by atoms with E-state index in [1.165, 1.54) is 31.2 Å². The molecule has 2 aliphatic rings. The van der Waals surface area contributed by atoms with Gasteiger partial charge in [-0.05, 0) is 37.2 Å². The van der Waals surface area contributed by atoms with Gasteiger partial charge in [0.15, 0.2) is 0 Å². The first-order valence-electron chi connectivity index (χ1n) is 8.71. The Morgan fingerprint density at radius 1 is 1.23 bits per heavy atom. The summed E-state index contributed by atoms with van der Waals surface area (Å²) >= 11 is 0. The summed E-state index contributed by atoms with van der Waals surface area (Å²) in [6, 6.07) is 11.0. The zero-order chi connectivity index (χ0) is 15.4. The van der Waals surface area contributed by atoms with Crippen LogP contribution in [0.4, 0.5) is 0 Å². The molecule has 1 aliphatic heterocycles. The summed E-state index contributed by atoms with van der Waals surface area (Å²) in [5, 5.41) is 0. The minimum absolute atomic E-state index is 0.0308. The highest BCUT2D eigenvalue weighted by Crippen LogP contribution is 2.42. The molecule has 0 spiro atoms. The molecule has 120 valence electrons. The number of likely N-dealkylation sites (tertiary alicyclic amines) is 1. The van der Waals surface area contributed by atoms with Crippen LogP contribution in [0.25, 0.3) is 0 Å². The van der Waals surface area contributed by atoms with Crippen LogP contribution >= 0.6 is 0 Å². The van der Waals surface area contributed by atoms with E-state index < -0.39 is 0 Å². The van der Waals surface area contributed by atoms with Crippen molar-refractivity contribution in [2.45, 2.75) is 51.6 Å². The Labute approximate surface area is 133 Å². The van der Waals surface area contributed by atoms with Crippen molar-refractivity contribution in [1.29, 1.82) is 0 Å². The second-order valence-corrected chi connectivity index (χ2v) is 6.70. The van der Waals surface area contributed by atoms with Crippen LogP contribution in [-0.4, -0.2) is 30.1 Å². The third-order valence-corrected chi connectivity index (χ3v) is 5.31. The summed E-state index contributed by atoms with van der Waals surface area (Å²) in [6.07, 6.45) is 5.84. The van der Waals surface area contributed by atoms with Gasteiger partial charge in [-0.25, -0.2) is 0 Å². The van der Waals surface area contributed by atoms with Crippen molar-refractivity contribution in [3.63, 3.8) is 0 Å². The fourth-order valence-corrected chi connectivity index (χ4v) is 4.35. The molecule has 3 atom stereocenters. The van der Waals surface area contributed by atoms with Crippen molar-refractivity contribution in [2.24, 2.45) is 11.8 Å². The van der Waals surface area contributed by atoms with Crippen LogP contribution in [0.1, 0.15) is 44.6 Å². The molecular formula is C19H27NO2. The third-order valence-electron chi connectivity index (χ3n) is 5.31. The van der Waals surface area contributed by atoms with Gasteiger partial charge in [0.1, 0.15) is 0 Å². The number of benzene rings is 1. The average Bonchev–Trinajstić information content (AvgIpc) is 2.86. The van der Waals surface area contributed by atoms with Gasteiger partial charge in [-0.2, -0.15) is 0 Å². The number of fused-ring (bicyclic) bond motifs is 1. The summed E-state index contributed by atoms with van der Waals surface area (Å²) in [5.41, 5.74) is 1.34. The molecule has 3 rings (SSSR count). The highest BCUT2D eigenvalue weighted by molar-refractivity contribution is 5.70. The van der Waals surface area contributed by atoms with E-state index in [-0.39, 0.29) is 5.97 Å². The number of ether oxygens (including phenoxy) is 1. The molecule has 0 bridgehead atoms. The van der Waals surface area contributed by atoms with Crippen LogP contribution in [0.15, 0.2) is 30.3 Å². The Kier molecular flexibility index (Phi) is 5.14. The number of rotatable bonds is 5. The number of hydrogen-bond acceptors (Lipinski definition) is 3. The molecule has 2 fully saturated rings. The van der Waals surface area contributed by atoms with E-state index in [1.807, 2.05) is 6.92 Å². The second-order valence-electron chi connectivity index (χ2n) is 6.70. The van der Waals surface area contributed by atoms with E-state index in [0.717, 1.165) is 19.0 Å². The van der Waals surface area contributed by atoms with Crippen LogP contribution < -0.4 is 0 Å². The van der Waals surface area contributed by atoms with E-state index in [0.29, 0.717) is 25.0 Å². The quantitative estimate of drug-likeness (QED) is 0.778. The van der Waals surface area contributed by atoms with Gasteiger partial charge in [-0.3, -0.25) is 9.69 Å². The monoisotopic (exact) mass is 301 g/mol. The number of carbonyl (C=O) groups excluding carboxylic acids is 1. The molecule has 1 aromatic rings. The Hall–Kier alpha value is -1.35. The molecular weight excluding hydrogens is 274 g/mol. The predicted octanol–water partition coefficient (Wildman–Crippen LogP) is 3.63. The van der Waals surface area contributed by atoms with Crippen molar-refractivity contribution >= 4 is 5.97 Å². The van der Waals surface area contributed by atoms with Crippen LogP contribution in [0.3, 0.4) is 0 Å². The lowest BCUT2D eigenvalue weighted by Crippen LogP contribution is -2.35. The number of hydrogen-bond donors (Lipinski definition) is 0. The van der Waals surface area contributed by atoms with E-state index in [9.17, 15) is 4.79 Å². The largest absolute Gasteiger partial charge is 0.466 e. The molecule has 3 nitrogen and oxygen atoms in total. The van der Waals surface area contributed by atoms with Crippen molar-refractivity contribution in [3.05, 3.63) is 35.9 Å². The Balaban J connectivity index is 1.72. The predicted molar refractivity (Wildman–Crippen MR) is 87.3 cm³/mol. The van der Waals surface area contributed by atoms with Gasteiger partial charge in [0.05, 0.1) is 13.0 Å². The summed E-state index contributed by atoms with van der Waals surface area (Å²) in [4.78, 5) is 14.6. The van der Waals surface area contributed by atoms with Crippen LogP contribution in [0, 0.1) is 11.8 Å². The fourth-order valence-electron chi connectivity index (χ4n) is 4.35. The highest BCUT2D eigenvalue weighted by Gasteiger charge is 2.43. The maximum atomic E-state index is 12.0. The summed E-state index contributed by atoms with van der Waals surface area (Å²) < 4.78 is 5.22. The van der Waals surface area contributed by atoms with Gasteiger partial charge in [-0.15, -0.1) is 0 Å². The van der Waals surface area contributed by atoms with Crippen LogP contribution in [0.5, 0.6) is 0 Å². The molecule has 0 amide bonds. The topological polar surface area (TPSA) is 29.5 Å². The first-order valence-corrected chi connectivity index (χ1v) is 8.71. The number of carbonyl (C=O) groups is 1. The number of nitrogens with zero attached hydrogens (tertiary/aromatic N) is 1. The molecule has 0 radical (unpaired) electrons. The van der Waals surface area contributed by atoms with Crippen LogP contribution in [-0.2, 0) is 16.1 Å². The molecule has 22 heavy (non-hydrogen) atoms. The van der Waals surface area contributed by atoms with E-state index in [1.54, 1.807) is 0 Å². The van der Waals surface area contributed by atoms with Crippen molar-refractivity contribution < 1.29 is 9.53 Å². The van der Waals surface area contributed by atoms with Gasteiger partial charge >= 0.3 is 5.97 Å². The van der Waals surface area contributed by atoms with E-state index in [4.69, 9.17) is 4.74 Å². The molecule has 1 aliphatic carbocycles. The lowest BCUT2D eigenvalue weighted by molar-refractivity contribution is -0.144. The standard InChI is InChI=1S/C19H27NO2/c1-2-22-19(21)12-18-17-11-7-6-10-16(17)14-20(18)13-15-8-4-3-5-9-15/h3-5,8-9,16-18H,2,6-7,10-14H2,1H3/t16-,17-,18+/m1/s1. The lowest BCUT2D eigenvalue weighted by Gasteiger charge is -2.30. The van der Waals surface area contributed by atoms with Gasteiger partial charge in [0, 0.05) is 19.1 Å². The summed E-state index contributed by atoms with van der Waals surface area (Å²) in [7, 11) is 0. The Morgan fingerprint density at radius 2 is 2.00 bits per heavy atom. The molecule has 0 unspecified atom stereocenters. The molecule has 0 N–H and O–H groups in total. The van der Waals surface area contributed by atoms with Gasteiger partial charge in [0.2, 0.25) is 0 Å². The molecule has 1 heterocycles. The smallest absolute Gasteiger partial charge is 0.307 e. The minimum atomic E-state index is -0.0308. The number of esters is 1. The average molecular weight is 301 g/mol. The first kappa shape index (κ1) is 15.5. The lowest BCUT2D eigenvalue weighted by atomic mass is 9.78. The molecule has 1 aromatic carbocycles. The summed E-state index contributed by atoms with van der Waals surface area (Å²) in [5.74, 6) is 1.43. The van der Waals surface area contributed by atoms with Crippen molar-refractivity contribution in [1.82, 2.24) is 4.90 Å². The normalized spacial score (nSPS) is 28.3.